The van der Waals surface area contributed by atoms with Crippen LogP contribution in [0.4, 0.5) is 0 Å². The number of rotatable bonds is 5. The maximum Gasteiger partial charge on any atom is 0.305 e. The molecule has 0 heterocycles. The Labute approximate surface area is 91.0 Å². The van der Waals surface area contributed by atoms with Crippen LogP contribution in [0.1, 0.15) is 39.0 Å². The number of nitrogens with one attached hydrogen (secondary N) is 1. The van der Waals surface area contributed by atoms with Crippen molar-refractivity contribution in [1.82, 2.24) is 5.32 Å². The van der Waals surface area contributed by atoms with E-state index in [0.717, 1.165) is 32.2 Å². The second kappa shape index (κ2) is 5.47. The van der Waals surface area contributed by atoms with Gasteiger partial charge in [0.25, 0.3) is 0 Å². The van der Waals surface area contributed by atoms with Gasteiger partial charge in [0.15, 0.2) is 0 Å². The quantitative estimate of drug-likeness (QED) is 0.727. The van der Waals surface area contributed by atoms with Crippen LogP contribution in [-0.2, 0) is 9.53 Å². The maximum atomic E-state index is 10.8. The number of hydrogen-bond acceptors (Lipinski definition) is 3. The number of carbonyl (C=O) groups is 1. The van der Waals surface area contributed by atoms with Crippen LogP contribution < -0.4 is 5.32 Å². The van der Waals surface area contributed by atoms with Crippen molar-refractivity contribution in [3.05, 3.63) is 0 Å². The molecular weight excluding hydrogens is 194 g/mol. The van der Waals surface area contributed by atoms with Crippen LogP contribution in [0.15, 0.2) is 0 Å². The van der Waals surface area contributed by atoms with Crippen molar-refractivity contribution in [2.75, 3.05) is 13.7 Å². The fraction of sp³-hybridized carbons (Fsp3) is 0.909. The highest BCUT2D eigenvalue weighted by Crippen LogP contribution is 2.32. The van der Waals surface area contributed by atoms with Gasteiger partial charge in [-0.3, -0.25) is 4.79 Å². The lowest BCUT2D eigenvalue weighted by atomic mass is 9.78. The summed E-state index contributed by atoms with van der Waals surface area (Å²) in [6, 6.07) is 0. The van der Waals surface area contributed by atoms with E-state index in [1.165, 1.54) is 0 Å². The molecule has 0 aromatic heterocycles. The fourth-order valence-electron chi connectivity index (χ4n) is 2.46. The van der Waals surface area contributed by atoms with Gasteiger partial charge in [-0.2, -0.15) is 0 Å². The van der Waals surface area contributed by atoms with Crippen molar-refractivity contribution in [3.8, 4) is 0 Å². The van der Waals surface area contributed by atoms with E-state index in [0.29, 0.717) is 6.10 Å². The van der Waals surface area contributed by atoms with E-state index in [2.05, 4.69) is 5.32 Å². The van der Waals surface area contributed by atoms with Gasteiger partial charge in [-0.1, -0.05) is 6.92 Å². The molecule has 1 fully saturated rings. The molecule has 4 nitrogen and oxygen atoms in total. The van der Waals surface area contributed by atoms with Crippen molar-refractivity contribution < 1.29 is 14.6 Å². The Balaban J connectivity index is 2.55. The Hall–Kier alpha value is -0.610. The van der Waals surface area contributed by atoms with Gasteiger partial charge in [-0.25, -0.2) is 0 Å². The first kappa shape index (κ1) is 12.5. The van der Waals surface area contributed by atoms with Crippen molar-refractivity contribution in [3.63, 3.8) is 0 Å². The summed E-state index contributed by atoms with van der Waals surface area (Å²) in [5.41, 5.74) is -0.199. The molecule has 0 aromatic carbocycles. The standard InChI is InChI=1S/C11H21NO3/c1-3-12-11(8-10(13)14)6-4-9(15-2)5-7-11/h9,12H,3-8H2,1-2H3,(H,13,14). The summed E-state index contributed by atoms with van der Waals surface area (Å²) in [7, 11) is 1.72. The lowest BCUT2D eigenvalue weighted by Crippen LogP contribution is -2.50. The Morgan fingerprint density at radius 3 is 2.53 bits per heavy atom. The van der Waals surface area contributed by atoms with Crippen molar-refractivity contribution in [2.24, 2.45) is 0 Å². The highest BCUT2D eigenvalue weighted by molar-refractivity contribution is 5.68. The lowest BCUT2D eigenvalue weighted by Gasteiger charge is -2.39. The number of aliphatic carboxylic acids is 1. The topological polar surface area (TPSA) is 58.6 Å². The second-order valence-corrected chi connectivity index (χ2v) is 4.32. The highest BCUT2D eigenvalue weighted by atomic mass is 16.5. The zero-order valence-corrected chi connectivity index (χ0v) is 9.58. The molecule has 0 spiro atoms. The number of carboxylic acids is 1. The fourth-order valence-corrected chi connectivity index (χ4v) is 2.46. The summed E-state index contributed by atoms with van der Waals surface area (Å²) in [6.45, 7) is 2.84. The van der Waals surface area contributed by atoms with Crippen LogP contribution in [0.2, 0.25) is 0 Å². The predicted octanol–water partition coefficient (Wildman–Crippen LogP) is 1.40. The molecule has 1 aliphatic rings. The lowest BCUT2D eigenvalue weighted by molar-refractivity contribution is -0.139. The zero-order chi connectivity index (χ0) is 11.3. The summed E-state index contributed by atoms with van der Waals surface area (Å²) in [5, 5.41) is 12.2. The highest BCUT2D eigenvalue weighted by Gasteiger charge is 2.36. The van der Waals surface area contributed by atoms with Gasteiger partial charge in [0, 0.05) is 12.6 Å². The molecule has 0 amide bonds. The molecular formula is C11H21NO3. The van der Waals surface area contributed by atoms with Crippen molar-refractivity contribution >= 4 is 5.97 Å². The molecule has 0 aromatic rings. The molecule has 4 heteroatoms. The monoisotopic (exact) mass is 215 g/mol. The van der Waals surface area contributed by atoms with Crippen molar-refractivity contribution in [1.29, 1.82) is 0 Å². The van der Waals surface area contributed by atoms with E-state index in [1.54, 1.807) is 7.11 Å². The van der Waals surface area contributed by atoms with Gasteiger partial charge in [-0.05, 0) is 32.2 Å². The number of carboxylic acid groups (broad SMARTS) is 1. The molecule has 2 N–H and O–H groups in total. The molecule has 88 valence electrons. The average molecular weight is 215 g/mol. The van der Waals surface area contributed by atoms with Crippen LogP contribution >= 0.6 is 0 Å². The molecule has 1 aliphatic carbocycles. The van der Waals surface area contributed by atoms with E-state index in [9.17, 15) is 4.79 Å². The van der Waals surface area contributed by atoms with Crippen LogP contribution in [0.25, 0.3) is 0 Å². The zero-order valence-electron chi connectivity index (χ0n) is 9.58. The third-order valence-electron chi connectivity index (χ3n) is 3.26. The van der Waals surface area contributed by atoms with Gasteiger partial charge in [0.1, 0.15) is 0 Å². The molecule has 0 aliphatic heterocycles. The predicted molar refractivity (Wildman–Crippen MR) is 57.9 cm³/mol. The number of ether oxygens (including phenoxy) is 1. The van der Waals surface area contributed by atoms with E-state index < -0.39 is 5.97 Å². The first-order valence-electron chi connectivity index (χ1n) is 5.61. The second-order valence-electron chi connectivity index (χ2n) is 4.32. The molecule has 0 atom stereocenters. The number of methoxy groups -OCH3 is 1. The summed E-state index contributed by atoms with van der Waals surface area (Å²) < 4.78 is 5.29. The third kappa shape index (κ3) is 3.47. The van der Waals surface area contributed by atoms with Crippen molar-refractivity contribution in [2.45, 2.75) is 50.7 Å². The van der Waals surface area contributed by atoms with Crippen LogP contribution in [0.3, 0.4) is 0 Å². The van der Waals surface area contributed by atoms with Gasteiger partial charge >= 0.3 is 5.97 Å². The molecule has 0 bridgehead atoms. The van der Waals surface area contributed by atoms with Gasteiger partial charge < -0.3 is 15.2 Å². The molecule has 0 saturated heterocycles. The average Bonchev–Trinajstić information content (AvgIpc) is 2.18. The third-order valence-corrected chi connectivity index (χ3v) is 3.26. The Kier molecular flexibility index (Phi) is 4.54. The van der Waals surface area contributed by atoms with Crippen LogP contribution in [-0.4, -0.2) is 36.4 Å². The Bertz CT molecular complexity index is 210. The van der Waals surface area contributed by atoms with Gasteiger partial charge in [-0.15, -0.1) is 0 Å². The molecule has 1 rings (SSSR count). The van der Waals surface area contributed by atoms with E-state index in [-0.39, 0.29) is 12.0 Å². The Morgan fingerprint density at radius 2 is 2.13 bits per heavy atom. The summed E-state index contributed by atoms with van der Waals surface area (Å²) in [4.78, 5) is 10.8. The smallest absolute Gasteiger partial charge is 0.305 e. The van der Waals surface area contributed by atoms with Gasteiger partial charge in [0.2, 0.25) is 0 Å². The van der Waals surface area contributed by atoms with E-state index in [1.807, 2.05) is 6.92 Å². The van der Waals surface area contributed by atoms with E-state index >= 15 is 0 Å². The largest absolute Gasteiger partial charge is 0.481 e. The minimum atomic E-state index is -0.716. The Morgan fingerprint density at radius 1 is 1.53 bits per heavy atom. The minimum absolute atomic E-state index is 0.199. The molecule has 15 heavy (non-hydrogen) atoms. The molecule has 0 unspecified atom stereocenters. The molecule has 1 saturated carbocycles. The number of hydrogen-bond donors (Lipinski definition) is 2. The normalized spacial score (nSPS) is 31.5. The first-order chi connectivity index (χ1) is 7.12. The summed E-state index contributed by atoms with van der Waals surface area (Å²) in [5.74, 6) is -0.716. The van der Waals surface area contributed by atoms with Gasteiger partial charge in [0.05, 0.1) is 12.5 Å². The summed E-state index contributed by atoms with van der Waals surface area (Å²) in [6.07, 6.45) is 4.23. The minimum Gasteiger partial charge on any atom is -0.481 e. The van der Waals surface area contributed by atoms with Crippen LogP contribution in [0, 0.1) is 0 Å². The SMILES string of the molecule is CCNC1(CC(=O)O)CCC(OC)CC1. The molecule has 0 radical (unpaired) electrons. The summed E-state index contributed by atoms with van der Waals surface area (Å²) >= 11 is 0. The maximum absolute atomic E-state index is 10.8. The van der Waals surface area contributed by atoms with E-state index in [4.69, 9.17) is 9.84 Å². The van der Waals surface area contributed by atoms with Crippen LogP contribution in [0.5, 0.6) is 0 Å². The first-order valence-corrected chi connectivity index (χ1v) is 5.61.